The fourth-order valence-corrected chi connectivity index (χ4v) is 1.15. The molecule has 0 unspecified atom stereocenters. The first-order valence-electron chi connectivity index (χ1n) is 4.50. The van der Waals surface area contributed by atoms with E-state index in [-0.39, 0.29) is 6.61 Å². The molecule has 0 aliphatic heterocycles. The Kier molecular flexibility index (Phi) is 3.40. The van der Waals surface area contributed by atoms with E-state index in [4.69, 9.17) is 16.3 Å². The molecule has 0 heterocycles. The second-order valence-electron chi connectivity index (χ2n) is 4.01. The topological polar surface area (TPSA) is 29.5 Å². The molecule has 0 spiro atoms. The molecule has 0 amide bonds. The third-order valence-corrected chi connectivity index (χ3v) is 1.97. The second kappa shape index (κ2) is 4.20. The molecule has 0 fully saturated rings. The molecule has 1 N–H and O–H groups in total. The van der Waals surface area contributed by atoms with Crippen LogP contribution in [0.25, 0.3) is 0 Å². The van der Waals surface area contributed by atoms with Crippen molar-refractivity contribution in [2.75, 3.05) is 6.61 Å². The highest BCUT2D eigenvalue weighted by atomic mass is 35.5. The van der Waals surface area contributed by atoms with Crippen LogP contribution in [0.5, 0.6) is 5.75 Å². The van der Waals surface area contributed by atoms with Crippen molar-refractivity contribution in [1.29, 1.82) is 0 Å². The van der Waals surface area contributed by atoms with Crippen LogP contribution in [-0.2, 0) is 0 Å². The number of rotatable bonds is 3. The third-order valence-electron chi connectivity index (χ3n) is 1.73. The molecule has 0 saturated heterocycles. The molecular weight excluding hydrogens is 200 g/mol. The highest BCUT2D eigenvalue weighted by molar-refractivity contribution is 6.30. The summed E-state index contributed by atoms with van der Waals surface area (Å²) in [5, 5.41) is 10.1. The molecule has 0 bridgehead atoms. The van der Waals surface area contributed by atoms with E-state index in [1.54, 1.807) is 19.9 Å². The molecule has 3 heteroatoms. The maximum atomic E-state index is 9.48. The van der Waals surface area contributed by atoms with Crippen LogP contribution >= 0.6 is 11.6 Å². The van der Waals surface area contributed by atoms with Gasteiger partial charge in [0.2, 0.25) is 0 Å². The Hall–Kier alpha value is -0.730. The molecule has 0 aliphatic carbocycles. The van der Waals surface area contributed by atoms with Crippen molar-refractivity contribution in [3.63, 3.8) is 0 Å². The van der Waals surface area contributed by atoms with Gasteiger partial charge in [-0.15, -0.1) is 0 Å². The van der Waals surface area contributed by atoms with E-state index in [2.05, 4.69) is 0 Å². The predicted molar refractivity (Wildman–Crippen MR) is 58.0 cm³/mol. The minimum atomic E-state index is -0.825. The van der Waals surface area contributed by atoms with Crippen LogP contribution < -0.4 is 4.74 Å². The number of halogens is 1. The SMILES string of the molecule is Cc1ccc(Cl)cc1OCC(C)(C)O. The average molecular weight is 215 g/mol. The number of ether oxygens (including phenoxy) is 1. The Morgan fingerprint density at radius 1 is 1.43 bits per heavy atom. The van der Waals surface area contributed by atoms with Gasteiger partial charge in [-0.05, 0) is 38.5 Å². The smallest absolute Gasteiger partial charge is 0.123 e. The average Bonchev–Trinajstić information content (AvgIpc) is 2.05. The molecule has 1 aromatic carbocycles. The molecule has 1 rings (SSSR count). The van der Waals surface area contributed by atoms with E-state index in [0.29, 0.717) is 5.02 Å². The summed E-state index contributed by atoms with van der Waals surface area (Å²) in [5.74, 6) is 0.722. The molecule has 0 atom stereocenters. The number of aryl methyl sites for hydroxylation is 1. The Morgan fingerprint density at radius 3 is 2.64 bits per heavy atom. The van der Waals surface area contributed by atoms with Crippen LogP contribution in [0, 0.1) is 6.92 Å². The number of hydrogen-bond acceptors (Lipinski definition) is 2. The molecule has 2 nitrogen and oxygen atoms in total. The van der Waals surface area contributed by atoms with Gasteiger partial charge in [0.1, 0.15) is 12.4 Å². The first kappa shape index (κ1) is 11.3. The largest absolute Gasteiger partial charge is 0.490 e. The summed E-state index contributed by atoms with van der Waals surface area (Å²) < 4.78 is 5.45. The zero-order valence-electron chi connectivity index (χ0n) is 8.67. The maximum Gasteiger partial charge on any atom is 0.123 e. The lowest BCUT2D eigenvalue weighted by Gasteiger charge is -2.18. The zero-order chi connectivity index (χ0) is 10.8. The van der Waals surface area contributed by atoms with Crippen molar-refractivity contribution in [1.82, 2.24) is 0 Å². The van der Waals surface area contributed by atoms with Gasteiger partial charge in [0.15, 0.2) is 0 Å². The van der Waals surface area contributed by atoms with Crippen molar-refractivity contribution in [2.45, 2.75) is 26.4 Å². The Morgan fingerprint density at radius 2 is 2.07 bits per heavy atom. The molecule has 0 radical (unpaired) electrons. The zero-order valence-corrected chi connectivity index (χ0v) is 9.43. The van der Waals surface area contributed by atoms with Crippen molar-refractivity contribution >= 4 is 11.6 Å². The first-order valence-corrected chi connectivity index (χ1v) is 4.87. The van der Waals surface area contributed by atoms with Crippen LogP contribution in [0.1, 0.15) is 19.4 Å². The lowest BCUT2D eigenvalue weighted by molar-refractivity contribution is 0.0283. The molecule has 78 valence electrons. The van der Waals surface area contributed by atoms with Gasteiger partial charge in [-0.3, -0.25) is 0 Å². The quantitative estimate of drug-likeness (QED) is 0.839. The van der Waals surface area contributed by atoms with E-state index in [0.717, 1.165) is 11.3 Å². The lowest BCUT2D eigenvalue weighted by atomic mass is 10.1. The number of hydrogen-bond donors (Lipinski definition) is 1. The van der Waals surface area contributed by atoms with Crippen molar-refractivity contribution in [2.24, 2.45) is 0 Å². The fourth-order valence-electron chi connectivity index (χ4n) is 0.984. The van der Waals surface area contributed by atoms with Gasteiger partial charge in [0.05, 0.1) is 5.60 Å². The summed E-state index contributed by atoms with van der Waals surface area (Å²) in [6.07, 6.45) is 0. The maximum absolute atomic E-state index is 9.48. The number of benzene rings is 1. The van der Waals surface area contributed by atoms with E-state index >= 15 is 0 Å². The van der Waals surface area contributed by atoms with Crippen LogP contribution in [0.3, 0.4) is 0 Å². The van der Waals surface area contributed by atoms with E-state index in [1.807, 2.05) is 19.1 Å². The minimum absolute atomic E-state index is 0.258. The Balaban J connectivity index is 2.72. The molecule has 0 aliphatic rings. The van der Waals surface area contributed by atoms with Crippen LogP contribution in [0.4, 0.5) is 0 Å². The highest BCUT2D eigenvalue weighted by Crippen LogP contribution is 2.23. The molecule has 0 aromatic heterocycles. The standard InChI is InChI=1S/C11H15ClO2/c1-8-4-5-9(12)6-10(8)14-7-11(2,3)13/h4-6,13H,7H2,1-3H3. The van der Waals surface area contributed by atoms with Crippen LogP contribution in [-0.4, -0.2) is 17.3 Å². The normalized spacial score (nSPS) is 11.5. The van der Waals surface area contributed by atoms with Gasteiger partial charge in [-0.2, -0.15) is 0 Å². The summed E-state index contributed by atoms with van der Waals surface area (Å²) in [6.45, 7) is 5.60. The summed E-state index contributed by atoms with van der Waals surface area (Å²) >= 11 is 5.82. The van der Waals surface area contributed by atoms with Crippen molar-refractivity contribution < 1.29 is 9.84 Å². The summed E-state index contributed by atoms with van der Waals surface area (Å²) in [5.41, 5.74) is 0.188. The molecule has 1 aromatic rings. The monoisotopic (exact) mass is 214 g/mol. The molecule has 14 heavy (non-hydrogen) atoms. The first-order chi connectivity index (χ1) is 6.38. The summed E-state index contributed by atoms with van der Waals surface area (Å²) in [6, 6.07) is 5.46. The van der Waals surface area contributed by atoms with Crippen LogP contribution in [0.2, 0.25) is 5.02 Å². The van der Waals surface area contributed by atoms with E-state index in [9.17, 15) is 5.11 Å². The predicted octanol–water partition coefficient (Wildman–Crippen LogP) is 2.80. The molecule has 0 saturated carbocycles. The molecular formula is C11H15ClO2. The van der Waals surface area contributed by atoms with Gasteiger partial charge in [0.25, 0.3) is 0 Å². The van der Waals surface area contributed by atoms with E-state index in [1.165, 1.54) is 0 Å². The van der Waals surface area contributed by atoms with Gasteiger partial charge in [-0.1, -0.05) is 17.7 Å². The van der Waals surface area contributed by atoms with Gasteiger partial charge < -0.3 is 9.84 Å². The van der Waals surface area contributed by atoms with E-state index < -0.39 is 5.60 Å². The summed E-state index contributed by atoms with van der Waals surface area (Å²) in [4.78, 5) is 0. The summed E-state index contributed by atoms with van der Waals surface area (Å²) in [7, 11) is 0. The second-order valence-corrected chi connectivity index (χ2v) is 4.45. The lowest BCUT2D eigenvalue weighted by Crippen LogP contribution is -2.28. The van der Waals surface area contributed by atoms with Crippen LogP contribution in [0.15, 0.2) is 18.2 Å². The Labute approximate surface area is 89.5 Å². The van der Waals surface area contributed by atoms with Gasteiger partial charge in [-0.25, -0.2) is 0 Å². The van der Waals surface area contributed by atoms with Crippen molar-refractivity contribution in [3.8, 4) is 5.75 Å². The van der Waals surface area contributed by atoms with Gasteiger partial charge in [0, 0.05) is 5.02 Å². The van der Waals surface area contributed by atoms with Crippen molar-refractivity contribution in [3.05, 3.63) is 28.8 Å². The van der Waals surface area contributed by atoms with Gasteiger partial charge >= 0.3 is 0 Å². The fraction of sp³-hybridized carbons (Fsp3) is 0.455. The minimum Gasteiger partial charge on any atom is -0.490 e. The number of aliphatic hydroxyl groups is 1. The Bertz CT molecular complexity index is 316. The third kappa shape index (κ3) is 3.56. The highest BCUT2D eigenvalue weighted by Gasteiger charge is 2.14.